The molecular formula is C15H18BrN3O2. The molecule has 1 aliphatic rings. The van der Waals surface area contributed by atoms with Gasteiger partial charge in [0.2, 0.25) is 5.89 Å². The molecule has 2 aromatic rings. The molecule has 0 saturated heterocycles. The van der Waals surface area contributed by atoms with Crippen LogP contribution in [0.25, 0.3) is 0 Å². The first kappa shape index (κ1) is 14.7. The van der Waals surface area contributed by atoms with Crippen LogP contribution < -0.4 is 5.73 Å². The van der Waals surface area contributed by atoms with E-state index in [-0.39, 0.29) is 6.04 Å². The lowest BCUT2D eigenvalue weighted by atomic mass is 9.96. The molecule has 21 heavy (non-hydrogen) atoms. The molecule has 6 heteroatoms. The summed E-state index contributed by atoms with van der Waals surface area (Å²) in [6, 6.07) is 7.69. The Balaban J connectivity index is 1.57. The minimum atomic E-state index is -0.328. The second kappa shape index (κ2) is 6.68. The second-order valence-corrected chi connectivity index (χ2v) is 6.26. The highest BCUT2D eigenvalue weighted by atomic mass is 79.9. The number of ether oxygens (including phenoxy) is 1. The van der Waals surface area contributed by atoms with E-state index in [0.29, 0.717) is 30.8 Å². The third-order valence-electron chi connectivity index (χ3n) is 3.62. The number of nitrogens with two attached hydrogens (primary N) is 1. The second-order valence-electron chi connectivity index (χ2n) is 5.35. The van der Waals surface area contributed by atoms with E-state index in [1.807, 2.05) is 24.3 Å². The van der Waals surface area contributed by atoms with Crippen molar-refractivity contribution in [1.29, 1.82) is 0 Å². The molecule has 0 aliphatic heterocycles. The van der Waals surface area contributed by atoms with Gasteiger partial charge in [0.25, 0.3) is 0 Å². The summed E-state index contributed by atoms with van der Waals surface area (Å²) in [5, 5.41) is 3.95. The van der Waals surface area contributed by atoms with E-state index >= 15 is 0 Å². The summed E-state index contributed by atoms with van der Waals surface area (Å²) in [5.41, 5.74) is 7.15. The fourth-order valence-corrected chi connectivity index (χ4v) is 2.61. The number of nitrogens with zero attached hydrogens (tertiary/aromatic N) is 2. The van der Waals surface area contributed by atoms with Crippen LogP contribution >= 0.6 is 15.9 Å². The fourth-order valence-electron chi connectivity index (χ4n) is 2.16. The van der Waals surface area contributed by atoms with E-state index in [4.69, 9.17) is 15.0 Å². The first-order chi connectivity index (χ1) is 10.2. The molecule has 1 aliphatic carbocycles. The average molecular weight is 352 g/mol. The Hall–Kier alpha value is -1.24. The predicted molar refractivity (Wildman–Crippen MR) is 81.8 cm³/mol. The van der Waals surface area contributed by atoms with Gasteiger partial charge in [-0.25, -0.2) is 0 Å². The van der Waals surface area contributed by atoms with Crippen molar-refractivity contribution in [2.24, 2.45) is 5.73 Å². The highest BCUT2D eigenvalue weighted by Gasteiger charge is 2.21. The zero-order valence-corrected chi connectivity index (χ0v) is 13.3. The SMILES string of the molecule is NC(COC1CCC1)c1noc(Cc2cccc(Br)c2)n1. The molecule has 0 spiro atoms. The van der Waals surface area contributed by atoms with Crippen molar-refractivity contribution in [3.05, 3.63) is 46.0 Å². The number of hydrogen-bond acceptors (Lipinski definition) is 5. The van der Waals surface area contributed by atoms with Gasteiger partial charge in [-0.15, -0.1) is 0 Å². The molecule has 5 nitrogen and oxygen atoms in total. The molecule has 1 fully saturated rings. The Morgan fingerprint density at radius 3 is 3.00 bits per heavy atom. The Labute approximate surface area is 132 Å². The van der Waals surface area contributed by atoms with E-state index in [2.05, 4.69) is 26.1 Å². The molecule has 3 rings (SSSR count). The molecule has 0 radical (unpaired) electrons. The van der Waals surface area contributed by atoms with E-state index in [1.165, 1.54) is 6.42 Å². The molecule has 1 saturated carbocycles. The van der Waals surface area contributed by atoms with Gasteiger partial charge in [0.1, 0.15) is 0 Å². The molecular weight excluding hydrogens is 334 g/mol. The van der Waals surface area contributed by atoms with Gasteiger partial charge in [-0.05, 0) is 37.0 Å². The topological polar surface area (TPSA) is 74.2 Å². The summed E-state index contributed by atoms with van der Waals surface area (Å²) in [5.74, 6) is 1.08. The van der Waals surface area contributed by atoms with Crippen molar-refractivity contribution in [1.82, 2.24) is 10.1 Å². The van der Waals surface area contributed by atoms with Crippen LogP contribution in [0.4, 0.5) is 0 Å². The zero-order valence-electron chi connectivity index (χ0n) is 11.7. The van der Waals surface area contributed by atoms with E-state index < -0.39 is 0 Å². The fraction of sp³-hybridized carbons (Fsp3) is 0.467. The maximum Gasteiger partial charge on any atom is 0.231 e. The Kier molecular flexibility index (Phi) is 4.67. The van der Waals surface area contributed by atoms with Gasteiger partial charge in [0.05, 0.1) is 25.2 Å². The van der Waals surface area contributed by atoms with Crippen LogP contribution in [0.15, 0.2) is 33.3 Å². The molecule has 0 amide bonds. The maximum absolute atomic E-state index is 6.04. The number of hydrogen-bond donors (Lipinski definition) is 1. The van der Waals surface area contributed by atoms with E-state index in [1.54, 1.807) is 0 Å². The number of aromatic nitrogens is 2. The molecule has 0 bridgehead atoms. The standard InChI is InChI=1S/C15H18BrN3O2/c16-11-4-1-3-10(7-11)8-14-18-15(19-21-14)13(17)9-20-12-5-2-6-12/h1,3-4,7,12-13H,2,5-6,8-9,17H2. The molecule has 1 unspecified atom stereocenters. The number of rotatable bonds is 6. The van der Waals surface area contributed by atoms with Gasteiger partial charge in [0, 0.05) is 4.47 Å². The Morgan fingerprint density at radius 2 is 2.29 bits per heavy atom. The lowest BCUT2D eigenvalue weighted by Crippen LogP contribution is -2.27. The minimum absolute atomic E-state index is 0.328. The Bertz CT molecular complexity index is 598. The highest BCUT2D eigenvalue weighted by Crippen LogP contribution is 2.23. The average Bonchev–Trinajstić information content (AvgIpc) is 2.85. The van der Waals surface area contributed by atoms with Crippen LogP contribution in [-0.4, -0.2) is 22.9 Å². The van der Waals surface area contributed by atoms with Crippen molar-refractivity contribution in [2.75, 3.05) is 6.61 Å². The van der Waals surface area contributed by atoms with Crippen LogP contribution in [0.1, 0.15) is 42.6 Å². The first-order valence-electron chi connectivity index (χ1n) is 7.15. The summed E-state index contributed by atoms with van der Waals surface area (Å²) in [4.78, 5) is 4.36. The molecule has 1 aromatic heterocycles. The largest absolute Gasteiger partial charge is 0.376 e. The zero-order chi connectivity index (χ0) is 14.7. The van der Waals surface area contributed by atoms with Crippen molar-refractivity contribution >= 4 is 15.9 Å². The lowest BCUT2D eigenvalue weighted by Gasteiger charge is -2.26. The van der Waals surface area contributed by atoms with Gasteiger partial charge in [0.15, 0.2) is 5.82 Å². The normalized spacial score (nSPS) is 16.7. The minimum Gasteiger partial charge on any atom is -0.376 e. The molecule has 2 N–H and O–H groups in total. The number of halogens is 1. The predicted octanol–water partition coefficient (Wildman–Crippen LogP) is 2.99. The Morgan fingerprint density at radius 1 is 1.43 bits per heavy atom. The van der Waals surface area contributed by atoms with Crippen molar-refractivity contribution < 1.29 is 9.26 Å². The van der Waals surface area contributed by atoms with Gasteiger partial charge in [-0.1, -0.05) is 33.2 Å². The maximum atomic E-state index is 6.04. The number of benzene rings is 1. The summed E-state index contributed by atoms with van der Waals surface area (Å²) < 4.78 is 12.0. The molecule has 1 aromatic carbocycles. The summed E-state index contributed by atoms with van der Waals surface area (Å²) in [6.45, 7) is 0.445. The van der Waals surface area contributed by atoms with Gasteiger partial charge >= 0.3 is 0 Å². The third-order valence-corrected chi connectivity index (χ3v) is 4.12. The van der Waals surface area contributed by atoms with E-state index in [0.717, 1.165) is 22.9 Å². The quantitative estimate of drug-likeness (QED) is 0.865. The van der Waals surface area contributed by atoms with Crippen LogP contribution in [-0.2, 0) is 11.2 Å². The highest BCUT2D eigenvalue weighted by molar-refractivity contribution is 9.10. The van der Waals surface area contributed by atoms with Crippen molar-refractivity contribution in [3.63, 3.8) is 0 Å². The summed E-state index contributed by atoms with van der Waals surface area (Å²) >= 11 is 3.45. The van der Waals surface area contributed by atoms with Crippen molar-refractivity contribution in [3.8, 4) is 0 Å². The van der Waals surface area contributed by atoms with Crippen LogP contribution in [0, 0.1) is 0 Å². The van der Waals surface area contributed by atoms with Crippen molar-refractivity contribution in [2.45, 2.75) is 37.8 Å². The van der Waals surface area contributed by atoms with Crippen LogP contribution in [0.5, 0.6) is 0 Å². The molecule has 1 heterocycles. The molecule has 112 valence electrons. The van der Waals surface area contributed by atoms with Gasteiger partial charge in [-0.2, -0.15) is 4.98 Å². The first-order valence-corrected chi connectivity index (χ1v) is 7.94. The van der Waals surface area contributed by atoms with Crippen LogP contribution in [0.2, 0.25) is 0 Å². The van der Waals surface area contributed by atoms with Gasteiger partial charge < -0.3 is 15.0 Å². The van der Waals surface area contributed by atoms with Gasteiger partial charge in [-0.3, -0.25) is 0 Å². The monoisotopic (exact) mass is 351 g/mol. The smallest absolute Gasteiger partial charge is 0.231 e. The summed E-state index contributed by atoms with van der Waals surface area (Å²) in [7, 11) is 0. The molecule has 1 atom stereocenters. The van der Waals surface area contributed by atoms with E-state index in [9.17, 15) is 0 Å². The third kappa shape index (κ3) is 3.90. The van der Waals surface area contributed by atoms with Crippen LogP contribution in [0.3, 0.4) is 0 Å². The lowest BCUT2D eigenvalue weighted by molar-refractivity contribution is -0.00549. The summed E-state index contributed by atoms with van der Waals surface area (Å²) in [6.07, 6.45) is 4.48.